The molecule has 3 amide bonds. The maximum absolute atomic E-state index is 11.6. The SMILES string of the molecule is CCCC(CC(=O)O)NC(=O)NC1CNC(=O)C1. The van der Waals surface area contributed by atoms with Gasteiger partial charge in [-0.3, -0.25) is 9.59 Å². The molecule has 0 aliphatic carbocycles. The zero-order chi connectivity index (χ0) is 13.5. The smallest absolute Gasteiger partial charge is 0.315 e. The Kier molecular flexibility index (Phi) is 5.41. The minimum absolute atomic E-state index is 0.0871. The Labute approximate surface area is 105 Å². The summed E-state index contributed by atoms with van der Waals surface area (Å²) < 4.78 is 0. The monoisotopic (exact) mass is 257 g/mol. The van der Waals surface area contributed by atoms with Gasteiger partial charge in [-0.1, -0.05) is 13.3 Å². The van der Waals surface area contributed by atoms with Crippen LogP contribution in [0.1, 0.15) is 32.6 Å². The molecule has 102 valence electrons. The molecule has 1 saturated heterocycles. The molecule has 7 heteroatoms. The molecular formula is C11H19N3O4. The maximum Gasteiger partial charge on any atom is 0.315 e. The Morgan fingerprint density at radius 1 is 1.56 bits per heavy atom. The van der Waals surface area contributed by atoms with Crippen molar-refractivity contribution < 1.29 is 19.5 Å². The fourth-order valence-electron chi connectivity index (χ4n) is 1.90. The largest absolute Gasteiger partial charge is 0.481 e. The van der Waals surface area contributed by atoms with E-state index in [0.717, 1.165) is 6.42 Å². The topological polar surface area (TPSA) is 108 Å². The predicted octanol–water partition coefficient (Wildman–Crippen LogP) is -0.182. The number of nitrogens with one attached hydrogen (secondary N) is 3. The zero-order valence-corrected chi connectivity index (χ0v) is 10.4. The number of amides is 3. The van der Waals surface area contributed by atoms with Gasteiger partial charge in [-0.2, -0.15) is 0 Å². The van der Waals surface area contributed by atoms with Gasteiger partial charge in [-0.05, 0) is 6.42 Å². The number of hydrogen-bond acceptors (Lipinski definition) is 3. The van der Waals surface area contributed by atoms with Crippen molar-refractivity contribution in [2.24, 2.45) is 0 Å². The van der Waals surface area contributed by atoms with Crippen LogP contribution in [0.5, 0.6) is 0 Å². The molecule has 1 rings (SSSR count). The van der Waals surface area contributed by atoms with E-state index in [4.69, 9.17) is 5.11 Å². The van der Waals surface area contributed by atoms with Crippen LogP contribution in [0.15, 0.2) is 0 Å². The lowest BCUT2D eigenvalue weighted by molar-refractivity contribution is -0.137. The van der Waals surface area contributed by atoms with Gasteiger partial charge in [0.2, 0.25) is 5.91 Å². The normalized spacial score (nSPS) is 20.1. The third-order valence-electron chi connectivity index (χ3n) is 2.71. The number of carboxylic acids is 1. The summed E-state index contributed by atoms with van der Waals surface area (Å²) in [5, 5.41) is 16.6. The van der Waals surface area contributed by atoms with Crippen LogP contribution in [0.2, 0.25) is 0 Å². The Bertz CT molecular complexity index is 332. The van der Waals surface area contributed by atoms with E-state index in [-0.39, 0.29) is 30.8 Å². The summed E-state index contributed by atoms with van der Waals surface area (Å²) in [4.78, 5) is 33.2. The number of urea groups is 1. The van der Waals surface area contributed by atoms with Crippen LogP contribution in [0.3, 0.4) is 0 Å². The van der Waals surface area contributed by atoms with Gasteiger partial charge in [0.1, 0.15) is 0 Å². The highest BCUT2D eigenvalue weighted by Crippen LogP contribution is 2.03. The Balaban J connectivity index is 2.35. The van der Waals surface area contributed by atoms with Crippen molar-refractivity contribution in [2.45, 2.75) is 44.7 Å². The predicted molar refractivity (Wildman–Crippen MR) is 64.0 cm³/mol. The second-order valence-electron chi connectivity index (χ2n) is 4.41. The molecule has 1 aliphatic rings. The van der Waals surface area contributed by atoms with E-state index in [2.05, 4.69) is 16.0 Å². The van der Waals surface area contributed by atoms with E-state index in [1.165, 1.54) is 0 Å². The minimum Gasteiger partial charge on any atom is -0.481 e. The van der Waals surface area contributed by atoms with Gasteiger partial charge in [0, 0.05) is 19.0 Å². The second-order valence-corrected chi connectivity index (χ2v) is 4.41. The molecule has 1 aliphatic heterocycles. The van der Waals surface area contributed by atoms with Crippen molar-refractivity contribution in [3.8, 4) is 0 Å². The van der Waals surface area contributed by atoms with E-state index < -0.39 is 12.0 Å². The number of rotatable bonds is 6. The lowest BCUT2D eigenvalue weighted by Crippen LogP contribution is -2.47. The average Bonchev–Trinajstić information content (AvgIpc) is 2.62. The summed E-state index contributed by atoms with van der Waals surface area (Å²) in [5.41, 5.74) is 0. The van der Waals surface area contributed by atoms with Gasteiger partial charge >= 0.3 is 12.0 Å². The standard InChI is InChI=1S/C11H19N3O4/c1-2-3-7(5-10(16)17)13-11(18)14-8-4-9(15)12-6-8/h7-8H,2-6H2,1H3,(H,12,15)(H,16,17)(H2,13,14,18). The van der Waals surface area contributed by atoms with Crippen LogP contribution in [0.4, 0.5) is 4.79 Å². The van der Waals surface area contributed by atoms with Gasteiger partial charge in [0.05, 0.1) is 12.5 Å². The zero-order valence-electron chi connectivity index (χ0n) is 10.4. The number of aliphatic carboxylic acids is 1. The van der Waals surface area contributed by atoms with E-state index in [1.807, 2.05) is 6.92 Å². The second kappa shape index (κ2) is 6.83. The van der Waals surface area contributed by atoms with Crippen molar-refractivity contribution in [1.29, 1.82) is 0 Å². The molecule has 1 fully saturated rings. The van der Waals surface area contributed by atoms with Gasteiger partial charge < -0.3 is 21.1 Å². The molecular weight excluding hydrogens is 238 g/mol. The lowest BCUT2D eigenvalue weighted by Gasteiger charge is -2.18. The highest BCUT2D eigenvalue weighted by Gasteiger charge is 2.24. The minimum atomic E-state index is -0.938. The van der Waals surface area contributed by atoms with E-state index in [1.54, 1.807) is 0 Å². The van der Waals surface area contributed by atoms with Crippen molar-refractivity contribution >= 4 is 17.9 Å². The molecule has 0 aromatic heterocycles. The van der Waals surface area contributed by atoms with Crippen LogP contribution in [0, 0.1) is 0 Å². The lowest BCUT2D eigenvalue weighted by atomic mass is 10.1. The van der Waals surface area contributed by atoms with Gasteiger partial charge in [0.15, 0.2) is 0 Å². The van der Waals surface area contributed by atoms with Crippen molar-refractivity contribution in [1.82, 2.24) is 16.0 Å². The molecule has 0 aromatic carbocycles. The average molecular weight is 257 g/mol. The summed E-state index contributed by atoms with van der Waals surface area (Å²) in [5.74, 6) is -1.03. The van der Waals surface area contributed by atoms with Crippen LogP contribution in [-0.4, -0.2) is 41.6 Å². The highest BCUT2D eigenvalue weighted by molar-refractivity contribution is 5.81. The van der Waals surface area contributed by atoms with E-state index in [0.29, 0.717) is 13.0 Å². The molecule has 0 spiro atoms. The van der Waals surface area contributed by atoms with Gasteiger partial charge in [-0.25, -0.2) is 4.79 Å². The summed E-state index contributed by atoms with van der Waals surface area (Å²) in [6.07, 6.45) is 1.58. The molecule has 4 N–H and O–H groups in total. The molecule has 0 bridgehead atoms. The quantitative estimate of drug-likeness (QED) is 0.529. The molecule has 0 radical (unpaired) electrons. The third-order valence-corrected chi connectivity index (χ3v) is 2.71. The third kappa shape index (κ3) is 5.03. The number of carbonyl (C=O) groups is 3. The van der Waals surface area contributed by atoms with Crippen molar-refractivity contribution in [2.75, 3.05) is 6.54 Å². The molecule has 7 nitrogen and oxygen atoms in total. The molecule has 18 heavy (non-hydrogen) atoms. The first-order valence-corrected chi connectivity index (χ1v) is 6.06. The first-order chi connectivity index (χ1) is 8.51. The van der Waals surface area contributed by atoms with Crippen LogP contribution in [0.25, 0.3) is 0 Å². The summed E-state index contributed by atoms with van der Waals surface area (Å²) >= 11 is 0. The van der Waals surface area contributed by atoms with E-state index in [9.17, 15) is 14.4 Å². The molecule has 0 aromatic rings. The fraction of sp³-hybridized carbons (Fsp3) is 0.727. The summed E-state index contributed by atoms with van der Waals surface area (Å²) in [6.45, 7) is 2.34. The fourth-order valence-corrected chi connectivity index (χ4v) is 1.90. The van der Waals surface area contributed by atoms with Gasteiger partial charge in [0.25, 0.3) is 0 Å². The van der Waals surface area contributed by atoms with Crippen LogP contribution >= 0.6 is 0 Å². The molecule has 1 heterocycles. The van der Waals surface area contributed by atoms with Crippen molar-refractivity contribution in [3.05, 3.63) is 0 Å². The molecule has 0 saturated carbocycles. The van der Waals surface area contributed by atoms with Crippen LogP contribution < -0.4 is 16.0 Å². The number of carbonyl (C=O) groups excluding carboxylic acids is 2. The number of carboxylic acid groups (broad SMARTS) is 1. The Hall–Kier alpha value is -1.79. The Morgan fingerprint density at radius 2 is 2.28 bits per heavy atom. The summed E-state index contributed by atoms with van der Waals surface area (Å²) in [6, 6.07) is -1.02. The molecule has 2 unspecified atom stereocenters. The maximum atomic E-state index is 11.6. The van der Waals surface area contributed by atoms with E-state index >= 15 is 0 Å². The van der Waals surface area contributed by atoms with Gasteiger partial charge in [-0.15, -0.1) is 0 Å². The molecule has 2 atom stereocenters. The van der Waals surface area contributed by atoms with Crippen molar-refractivity contribution in [3.63, 3.8) is 0 Å². The van der Waals surface area contributed by atoms with Crippen LogP contribution in [-0.2, 0) is 9.59 Å². The first-order valence-electron chi connectivity index (χ1n) is 6.06. The Morgan fingerprint density at radius 3 is 2.78 bits per heavy atom. The first kappa shape index (κ1) is 14.3. The summed E-state index contributed by atoms with van der Waals surface area (Å²) in [7, 11) is 0. The highest BCUT2D eigenvalue weighted by atomic mass is 16.4. The number of hydrogen-bond donors (Lipinski definition) is 4.